The summed E-state index contributed by atoms with van der Waals surface area (Å²) in [6, 6.07) is 15.1. The zero-order valence-corrected chi connectivity index (χ0v) is 12.0. The lowest BCUT2D eigenvalue weighted by molar-refractivity contribution is 0.102. The SMILES string of the molecule is O=C(Nc1nc2ccccc2[nH]1)c1cccc(I)c1. The Morgan fingerprint density at radius 1 is 1.16 bits per heavy atom. The number of carbonyl (C=O) groups is 1. The highest BCUT2D eigenvalue weighted by Gasteiger charge is 2.09. The molecule has 4 nitrogen and oxygen atoms in total. The summed E-state index contributed by atoms with van der Waals surface area (Å²) in [6.07, 6.45) is 0. The number of fused-ring (bicyclic) bond motifs is 1. The Labute approximate surface area is 123 Å². The van der Waals surface area contributed by atoms with Gasteiger partial charge in [0.15, 0.2) is 0 Å². The minimum absolute atomic E-state index is 0.169. The maximum atomic E-state index is 12.1. The van der Waals surface area contributed by atoms with E-state index in [1.807, 2.05) is 42.5 Å². The fourth-order valence-electron chi connectivity index (χ4n) is 1.82. The molecule has 0 saturated carbocycles. The lowest BCUT2D eigenvalue weighted by Crippen LogP contribution is -2.12. The number of nitrogens with zero attached hydrogens (tertiary/aromatic N) is 1. The second kappa shape index (κ2) is 5.00. The van der Waals surface area contributed by atoms with Crippen LogP contribution in [0, 0.1) is 3.57 Å². The second-order valence-electron chi connectivity index (χ2n) is 4.07. The Kier molecular flexibility index (Phi) is 3.20. The predicted molar refractivity (Wildman–Crippen MR) is 83.2 cm³/mol. The van der Waals surface area contributed by atoms with Crippen LogP contribution in [0.25, 0.3) is 11.0 Å². The lowest BCUT2D eigenvalue weighted by atomic mass is 10.2. The first-order valence-electron chi connectivity index (χ1n) is 5.74. The van der Waals surface area contributed by atoms with Crippen molar-refractivity contribution in [2.75, 3.05) is 5.32 Å². The monoisotopic (exact) mass is 363 g/mol. The van der Waals surface area contributed by atoms with Crippen LogP contribution < -0.4 is 5.32 Å². The van der Waals surface area contributed by atoms with Gasteiger partial charge in [0.05, 0.1) is 11.0 Å². The normalized spacial score (nSPS) is 10.6. The van der Waals surface area contributed by atoms with Gasteiger partial charge in [-0.2, -0.15) is 0 Å². The molecule has 94 valence electrons. The highest BCUT2D eigenvalue weighted by atomic mass is 127. The number of carbonyl (C=O) groups excluding carboxylic acids is 1. The van der Waals surface area contributed by atoms with Crippen molar-refractivity contribution < 1.29 is 4.79 Å². The van der Waals surface area contributed by atoms with E-state index >= 15 is 0 Å². The Morgan fingerprint density at radius 3 is 2.79 bits per heavy atom. The largest absolute Gasteiger partial charge is 0.324 e. The first-order chi connectivity index (χ1) is 9.22. The van der Waals surface area contributed by atoms with Crippen molar-refractivity contribution in [2.24, 2.45) is 0 Å². The Bertz CT molecular complexity index is 718. The number of benzene rings is 2. The molecule has 0 radical (unpaired) electrons. The molecule has 0 bridgehead atoms. The lowest BCUT2D eigenvalue weighted by Gasteiger charge is -2.01. The fourth-order valence-corrected chi connectivity index (χ4v) is 2.36. The third kappa shape index (κ3) is 2.60. The number of hydrogen-bond donors (Lipinski definition) is 2. The van der Waals surface area contributed by atoms with Crippen LogP contribution in [0.5, 0.6) is 0 Å². The van der Waals surface area contributed by atoms with Gasteiger partial charge in [-0.1, -0.05) is 18.2 Å². The van der Waals surface area contributed by atoms with Crippen LogP contribution in [-0.2, 0) is 0 Å². The highest BCUT2D eigenvalue weighted by molar-refractivity contribution is 14.1. The number of aromatic amines is 1. The maximum absolute atomic E-state index is 12.1. The molecular formula is C14H10IN3O. The van der Waals surface area contributed by atoms with E-state index in [9.17, 15) is 4.79 Å². The van der Waals surface area contributed by atoms with E-state index < -0.39 is 0 Å². The number of imidazole rings is 1. The van der Waals surface area contributed by atoms with Crippen molar-refractivity contribution in [1.82, 2.24) is 9.97 Å². The van der Waals surface area contributed by atoms with Crippen LogP contribution in [0.4, 0.5) is 5.95 Å². The molecule has 3 aromatic rings. The molecule has 2 aromatic carbocycles. The van der Waals surface area contributed by atoms with Crippen LogP contribution in [0.2, 0.25) is 0 Å². The summed E-state index contributed by atoms with van der Waals surface area (Å²) in [5.74, 6) is 0.294. The van der Waals surface area contributed by atoms with Crippen LogP contribution >= 0.6 is 22.6 Å². The van der Waals surface area contributed by atoms with E-state index in [4.69, 9.17) is 0 Å². The molecule has 1 amide bonds. The number of rotatable bonds is 2. The van der Waals surface area contributed by atoms with Crippen molar-refractivity contribution in [1.29, 1.82) is 0 Å². The molecule has 0 saturated heterocycles. The van der Waals surface area contributed by atoms with Gasteiger partial charge in [-0.3, -0.25) is 10.1 Å². The van der Waals surface area contributed by atoms with Crippen LogP contribution in [0.15, 0.2) is 48.5 Å². The van der Waals surface area contributed by atoms with Gasteiger partial charge in [-0.25, -0.2) is 4.98 Å². The molecule has 1 heterocycles. The molecule has 0 unspecified atom stereocenters. The summed E-state index contributed by atoms with van der Waals surface area (Å²) in [5.41, 5.74) is 2.35. The Morgan fingerprint density at radius 2 is 2.00 bits per heavy atom. The summed E-state index contributed by atoms with van der Waals surface area (Å²) in [5, 5.41) is 2.77. The van der Waals surface area contributed by atoms with Crippen molar-refractivity contribution in [3.8, 4) is 0 Å². The molecule has 0 aliphatic carbocycles. The van der Waals surface area contributed by atoms with Gasteiger partial charge in [0.2, 0.25) is 5.95 Å². The number of hydrogen-bond acceptors (Lipinski definition) is 2. The van der Waals surface area contributed by atoms with Crippen molar-refractivity contribution in [3.63, 3.8) is 0 Å². The van der Waals surface area contributed by atoms with Crippen LogP contribution in [0.1, 0.15) is 10.4 Å². The van der Waals surface area contributed by atoms with Gasteiger partial charge < -0.3 is 4.98 Å². The molecule has 3 rings (SSSR count). The summed E-state index contributed by atoms with van der Waals surface area (Å²) < 4.78 is 1.02. The van der Waals surface area contributed by atoms with Gasteiger partial charge in [0, 0.05) is 9.13 Å². The fraction of sp³-hybridized carbons (Fsp3) is 0. The van der Waals surface area contributed by atoms with Gasteiger partial charge in [-0.05, 0) is 52.9 Å². The third-order valence-corrected chi connectivity index (χ3v) is 3.38. The maximum Gasteiger partial charge on any atom is 0.258 e. The molecule has 0 aliphatic rings. The van der Waals surface area contributed by atoms with Crippen LogP contribution in [-0.4, -0.2) is 15.9 Å². The van der Waals surface area contributed by atoms with E-state index in [1.165, 1.54) is 0 Å². The highest BCUT2D eigenvalue weighted by Crippen LogP contribution is 2.14. The van der Waals surface area contributed by atoms with E-state index in [2.05, 4.69) is 37.9 Å². The number of halogens is 1. The van der Waals surface area contributed by atoms with E-state index in [-0.39, 0.29) is 5.91 Å². The Balaban J connectivity index is 1.86. The van der Waals surface area contributed by atoms with Gasteiger partial charge in [0.25, 0.3) is 5.91 Å². The van der Waals surface area contributed by atoms with Crippen molar-refractivity contribution in [3.05, 3.63) is 57.7 Å². The molecule has 19 heavy (non-hydrogen) atoms. The molecule has 1 aromatic heterocycles. The number of H-pyrrole nitrogens is 1. The first-order valence-corrected chi connectivity index (χ1v) is 6.82. The molecule has 0 spiro atoms. The molecule has 5 heteroatoms. The van der Waals surface area contributed by atoms with Gasteiger partial charge >= 0.3 is 0 Å². The third-order valence-electron chi connectivity index (χ3n) is 2.71. The van der Waals surface area contributed by atoms with Gasteiger partial charge in [-0.15, -0.1) is 0 Å². The molecule has 0 aliphatic heterocycles. The second-order valence-corrected chi connectivity index (χ2v) is 5.31. The number of nitrogens with one attached hydrogen (secondary N) is 2. The van der Waals surface area contributed by atoms with E-state index in [1.54, 1.807) is 6.07 Å². The number of amides is 1. The number of aromatic nitrogens is 2. The zero-order valence-electron chi connectivity index (χ0n) is 9.85. The topological polar surface area (TPSA) is 57.8 Å². The number of para-hydroxylation sites is 2. The molecule has 0 atom stereocenters. The van der Waals surface area contributed by atoms with Crippen molar-refractivity contribution in [2.45, 2.75) is 0 Å². The summed E-state index contributed by atoms with van der Waals surface area (Å²) in [6.45, 7) is 0. The predicted octanol–water partition coefficient (Wildman–Crippen LogP) is 3.42. The molecule has 0 fully saturated rings. The number of anilines is 1. The average Bonchev–Trinajstić information content (AvgIpc) is 2.80. The van der Waals surface area contributed by atoms with Gasteiger partial charge in [0.1, 0.15) is 0 Å². The summed E-state index contributed by atoms with van der Waals surface area (Å²) >= 11 is 2.18. The van der Waals surface area contributed by atoms with E-state index in [0.717, 1.165) is 14.6 Å². The molecule has 2 N–H and O–H groups in total. The smallest absolute Gasteiger partial charge is 0.258 e. The quantitative estimate of drug-likeness (QED) is 0.686. The first kappa shape index (κ1) is 12.2. The standard InChI is InChI=1S/C14H10IN3O/c15-10-5-3-4-9(8-10)13(19)18-14-16-11-6-1-2-7-12(11)17-14/h1-8H,(H2,16,17,18,19). The Hall–Kier alpha value is -1.89. The molecular weight excluding hydrogens is 353 g/mol. The van der Waals surface area contributed by atoms with Crippen LogP contribution in [0.3, 0.4) is 0 Å². The minimum Gasteiger partial charge on any atom is -0.324 e. The summed E-state index contributed by atoms with van der Waals surface area (Å²) in [4.78, 5) is 19.4. The summed E-state index contributed by atoms with van der Waals surface area (Å²) in [7, 11) is 0. The zero-order chi connectivity index (χ0) is 13.2. The average molecular weight is 363 g/mol. The van der Waals surface area contributed by atoms with E-state index in [0.29, 0.717) is 11.5 Å². The minimum atomic E-state index is -0.169. The van der Waals surface area contributed by atoms with Crippen molar-refractivity contribution >= 4 is 45.5 Å².